The van der Waals surface area contributed by atoms with Crippen LogP contribution in [0.15, 0.2) is 29.2 Å². The highest BCUT2D eigenvalue weighted by Crippen LogP contribution is 2.31. The number of nitrogens with zero attached hydrogens (tertiary/aromatic N) is 1. The van der Waals surface area contributed by atoms with Gasteiger partial charge in [0.2, 0.25) is 15.9 Å². The normalized spacial score (nSPS) is 20.0. The molecule has 8 nitrogen and oxygen atoms in total. The molecule has 136 valence electrons. The summed E-state index contributed by atoms with van der Waals surface area (Å²) in [6.07, 6.45) is 2.22. The van der Waals surface area contributed by atoms with Crippen molar-refractivity contribution in [2.45, 2.75) is 23.8 Å². The van der Waals surface area contributed by atoms with Gasteiger partial charge >= 0.3 is 0 Å². The molecular weight excluding hydrogens is 344 g/mol. The number of piperazine rings is 1. The van der Waals surface area contributed by atoms with Crippen molar-refractivity contribution in [2.75, 3.05) is 26.2 Å². The minimum absolute atomic E-state index is 0.0335. The van der Waals surface area contributed by atoms with Gasteiger partial charge in [-0.2, -0.15) is 4.31 Å². The van der Waals surface area contributed by atoms with E-state index in [4.69, 9.17) is 5.73 Å². The van der Waals surface area contributed by atoms with Crippen LogP contribution in [0.3, 0.4) is 0 Å². The quantitative estimate of drug-likeness (QED) is 0.613. The van der Waals surface area contributed by atoms with Gasteiger partial charge in [-0.3, -0.25) is 9.59 Å². The van der Waals surface area contributed by atoms with Crippen LogP contribution < -0.4 is 16.4 Å². The number of rotatable bonds is 6. The maximum Gasteiger partial charge on any atom is 0.251 e. The second-order valence-corrected chi connectivity index (χ2v) is 8.36. The lowest BCUT2D eigenvalue weighted by atomic mass is 10.2. The third kappa shape index (κ3) is 4.17. The van der Waals surface area contributed by atoms with Crippen LogP contribution in [0.2, 0.25) is 0 Å². The van der Waals surface area contributed by atoms with E-state index in [-0.39, 0.29) is 35.8 Å². The zero-order valence-electron chi connectivity index (χ0n) is 13.8. The Kier molecular flexibility index (Phi) is 5.07. The summed E-state index contributed by atoms with van der Waals surface area (Å²) in [5, 5.41) is 5.36. The molecule has 2 aliphatic rings. The topological polar surface area (TPSA) is 122 Å². The van der Waals surface area contributed by atoms with Crippen LogP contribution in [0.4, 0.5) is 0 Å². The molecule has 1 aromatic carbocycles. The zero-order valence-corrected chi connectivity index (χ0v) is 14.6. The van der Waals surface area contributed by atoms with Crippen molar-refractivity contribution in [2.24, 2.45) is 11.7 Å². The Morgan fingerprint density at radius 1 is 1.32 bits per heavy atom. The third-order valence-electron chi connectivity index (χ3n) is 4.48. The number of nitrogens with one attached hydrogen (secondary N) is 2. The molecule has 0 radical (unpaired) electrons. The van der Waals surface area contributed by atoms with Crippen molar-refractivity contribution < 1.29 is 18.0 Å². The molecule has 3 rings (SSSR count). The van der Waals surface area contributed by atoms with Gasteiger partial charge in [-0.1, -0.05) is 0 Å². The largest absolute Gasteiger partial charge is 0.354 e. The Balaban J connectivity index is 1.64. The van der Waals surface area contributed by atoms with Gasteiger partial charge in [0.1, 0.15) is 0 Å². The molecule has 1 unspecified atom stereocenters. The molecule has 1 heterocycles. The van der Waals surface area contributed by atoms with E-state index in [2.05, 4.69) is 10.6 Å². The molecule has 9 heteroatoms. The molecule has 0 bridgehead atoms. The second-order valence-electron chi connectivity index (χ2n) is 6.42. The molecule has 0 spiro atoms. The molecule has 25 heavy (non-hydrogen) atoms. The van der Waals surface area contributed by atoms with Crippen LogP contribution in [0, 0.1) is 5.92 Å². The fourth-order valence-electron chi connectivity index (χ4n) is 2.75. The summed E-state index contributed by atoms with van der Waals surface area (Å²) in [7, 11) is -3.75. The van der Waals surface area contributed by atoms with Gasteiger partial charge in [0, 0.05) is 31.2 Å². The van der Waals surface area contributed by atoms with Gasteiger partial charge in [-0.25, -0.2) is 8.42 Å². The average Bonchev–Trinajstić information content (AvgIpc) is 3.44. The highest BCUT2D eigenvalue weighted by molar-refractivity contribution is 7.89. The number of carbonyl (C=O) groups excluding carboxylic acids is 2. The Hall–Kier alpha value is -1.97. The van der Waals surface area contributed by atoms with Gasteiger partial charge in [-0.15, -0.1) is 0 Å². The van der Waals surface area contributed by atoms with Crippen LogP contribution in [0.25, 0.3) is 0 Å². The van der Waals surface area contributed by atoms with E-state index in [9.17, 15) is 18.0 Å². The van der Waals surface area contributed by atoms with Crippen LogP contribution in [0.1, 0.15) is 23.2 Å². The van der Waals surface area contributed by atoms with E-state index >= 15 is 0 Å². The SMILES string of the molecule is NC(CNC(=O)c1ccc(S(=O)(=O)N2CCNC(=O)C2)cc1)C1CC1. The summed E-state index contributed by atoms with van der Waals surface area (Å²) in [5.74, 6) is -0.107. The molecule has 4 N–H and O–H groups in total. The van der Waals surface area contributed by atoms with E-state index in [1.165, 1.54) is 24.3 Å². The molecule has 1 aliphatic heterocycles. The standard InChI is InChI=1S/C16H22N4O4S/c17-14(11-1-2-11)9-19-16(22)12-3-5-13(6-4-12)25(23,24)20-8-7-18-15(21)10-20/h3-6,11,14H,1-2,7-10,17H2,(H,18,21)(H,19,22). The Morgan fingerprint density at radius 2 is 2.00 bits per heavy atom. The predicted octanol–water partition coefficient (Wildman–Crippen LogP) is -0.726. The minimum Gasteiger partial charge on any atom is -0.354 e. The Labute approximate surface area is 146 Å². The average molecular weight is 366 g/mol. The number of amides is 2. The van der Waals surface area contributed by atoms with Crippen molar-refractivity contribution in [1.29, 1.82) is 0 Å². The predicted molar refractivity (Wildman–Crippen MR) is 91.2 cm³/mol. The fourth-order valence-corrected chi connectivity index (χ4v) is 4.15. The first-order valence-electron chi connectivity index (χ1n) is 8.28. The molecule has 2 amide bonds. The van der Waals surface area contributed by atoms with Crippen LogP contribution in [-0.2, 0) is 14.8 Å². The highest BCUT2D eigenvalue weighted by Gasteiger charge is 2.30. The van der Waals surface area contributed by atoms with Crippen molar-refractivity contribution in [1.82, 2.24) is 14.9 Å². The summed E-state index contributed by atoms with van der Waals surface area (Å²) in [6, 6.07) is 5.67. The summed E-state index contributed by atoms with van der Waals surface area (Å²) in [6.45, 7) is 0.741. The van der Waals surface area contributed by atoms with Crippen LogP contribution in [0.5, 0.6) is 0 Å². The van der Waals surface area contributed by atoms with Gasteiger partial charge in [-0.05, 0) is 43.0 Å². The van der Waals surface area contributed by atoms with Crippen LogP contribution in [-0.4, -0.2) is 56.8 Å². The molecule has 1 saturated carbocycles. The lowest BCUT2D eigenvalue weighted by Gasteiger charge is -2.25. The second kappa shape index (κ2) is 7.11. The van der Waals surface area contributed by atoms with Gasteiger partial charge in [0.15, 0.2) is 0 Å². The summed E-state index contributed by atoms with van der Waals surface area (Å²) in [4.78, 5) is 23.6. The summed E-state index contributed by atoms with van der Waals surface area (Å²) in [5.41, 5.74) is 6.32. The molecule has 1 saturated heterocycles. The monoisotopic (exact) mass is 366 g/mol. The molecule has 2 fully saturated rings. The van der Waals surface area contributed by atoms with E-state index < -0.39 is 10.0 Å². The lowest BCUT2D eigenvalue weighted by Crippen LogP contribution is -2.49. The van der Waals surface area contributed by atoms with E-state index in [0.29, 0.717) is 24.6 Å². The Bertz CT molecular complexity index is 759. The first-order valence-corrected chi connectivity index (χ1v) is 9.72. The lowest BCUT2D eigenvalue weighted by molar-refractivity contribution is -0.122. The number of hydrogen-bond acceptors (Lipinski definition) is 5. The van der Waals surface area contributed by atoms with E-state index in [0.717, 1.165) is 17.1 Å². The Morgan fingerprint density at radius 3 is 2.60 bits per heavy atom. The summed E-state index contributed by atoms with van der Waals surface area (Å²) >= 11 is 0. The number of hydrogen-bond donors (Lipinski definition) is 3. The van der Waals surface area contributed by atoms with Gasteiger partial charge in [0.05, 0.1) is 11.4 Å². The van der Waals surface area contributed by atoms with Crippen molar-refractivity contribution in [3.05, 3.63) is 29.8 Å². The maximum absolute atomic E-state index is 12.5. The molecular formula is C16H22N4O4S. The molecule has 0 aromatic heterocycles. The maximum atomic E-state index is 12.5. The van der Waals surface area contributed by atoms with E-state index in [1.807, 2.05) is 0 Å². The van der Waals surface area contributed by atoms with Crippen molar-refractivity contribution in [3.8, 4) is 0 Å². The third-order valence-corrected chi connectivity index (χ3v) is 6.34. The van der Waals surface area contributed by atoms with Crippen molar-refractivity contribution in [3.63, 3.8) is 0 Å². The van der Waals surface area contributed by atoms with E-state index in [1.54, 1.807) is 0 Å². The number of benzene rings is 1. The highest BCUT2D eigenvalue weighted by atomic mass is 32.2. The molecule has 1 atom stereocenters. The number of nitrogens with two attached hydrogens (primary N) is 1. The number of carbonyl (C=O) groups is 2. The number of sulfonamides is 1. The first kappa shape index (κ1) is 17.8. The summed E-state index contributed by atoms with van der Waals surface area (Å²) < 4.78 is 26.2. The molecule has 1 aromatic rings. The zero-order chi connectivity index (χ0) is 18.0. The van der Waals surface area contributed by atoms with Crippen LogP contribution >= 0.6 is 0 Å². The van der Waals surface area contributed by atoms with Crippen molar-refractivity contribution >= 4 is 21.8 Å². The van der Waals surface area contributed by atoms with Gasteiger partial charge < -0.3 is 16.4 Å². The fraction of sp³-hybridized carbons (Fsp3) is 0.500. The minimum atomic E-state index is -3.75. The molecule has 1 aliphatic carbocycles. The smallest absolute Gasteiger partial charge is 0.251 e. The van der Waals surface area contributed by atoms with Gasteiger partial charge in [0.25, 0.3) is 5.91 Å². The first-order chi connectivity index (χ1) is 11.9.